The van der Waals surface area contributed by atoms with Crippen molar-refractivity contribution in [3.63, 3.8) is 0 Å². The number of aryl methyl sites for hydroxylation is 1. The number of halogens is 4. The maximum Gasteiger partial charge on any atom is 0.431 e. The number of alkyl halides is 3. The monoisotopic (exact) mass is 373 g/mol. The summed E-state index contributed by atoms with van der Waals surface area (Å²) < 4.78 is 45.9. The highest BCUT2D eigenvalue weighted by Crippen LogP contribution is 2.40. The molecule has 2 heterocycles. The molecule has 0 bridgehead atoms. The van der Waals surface area contributed by atoms with Gasteiger partial charge in [-0.3, -0.25) is 4.79 Å². The Morgan fingerprint density at radius 1 is 1.23 bits per heavy atom. The van der Waals surface area contributed by atoms with Gasteiger partial charge in [-0.1, -0.05) is 15.9 Å². The fraction of sp³-hybridized carbons (Fsp3) is 0.267. The van der Waals surface area contributed by atoms with Crippen LogP contribution in [0.25, 0.3) is 0 Å². The Morgan fingerprint density at radius 3 is 2.73 bits per heavy atom. The fourth-order valence-electron chi connectivity index (χ4n) is 2.56. The van der Waals surface area contributed by atoms with E-state index in [1.807, 2.05) is 11.1 Å². The highest BCUT2D eigenvalue weighted by Gasteiger charge is 2.38. The van der Waals surface area contributed by atoms with Gasteiger partial charge in [0.2, 0.25) is 5.56 Å². The number of aromatic nitrogens is 1. The highest BCUT2D eigenvalue weighted by atomic mass is 79.9. The molecule has 0 radical (unpaired) electrons. The minimum atomic E-state index is -4.63. The standard InChI is InChI=1S/C15H11BrF3NO2/c16-9-2-5-11-8(7-9)1-4-12(22-11)10-3-6-13(21)20-14(10)15(17,18)19/h2-3,5-7,12H,1,4H2,(H,20,21). The van der Waals surface area contributed by atoms with Crippen molar-refractivity contribution in [1.82, 2.24) is 4.98 Å². The molecule has 0 aliphatic carbocycles. The second-order valence-electron chi connectivity index (χ2n) is 5.05. The summed E-state index contributed by atoms with van der Waals surface area (Å²) in [4.78, 5) is 13.1. The van der Waals surface area contributed by atoms with Crippen LogP contribution in [0, 0.1) is 0 Å². The number of H-pyrrole nitrogens is 1. The lowest BCUT2D eigenvalue weighted by atomic mass is 9.96. The van der Waals surface area contributed by atoms with E-state index in [2.05, 4.69) is 15.9 Å². The van der Waals surface area contributed by atoms with E-state index in [-0.39, 0.29) is 5.56 Å². The molecule has 0 spiro atoms. The van der Waals surface area contributed by atoms with E-state index in [9.17, 15) is 18.0 Å². The molecule has 7 heteroatoms. The van der Waals surface area contributed by atoms with Crippen LogP contribution in [0.5, 0.6) is 5.75 Å². The molecule has 3 rings (SSSR count). The number of hydrogen-bond donors (Lipinski definition) is 1. The Morgan fingerprint density at radius 2 is 2.00 bits per heavy atom. The number of fused-ring (bicyclic) bond motifs is 1. The molecule has 1 aromatic heterocycles. The molecule has 0 saturated heterocycles. The van der Waals surface area contributed by atoms with E-state index in [0.29, 0.717) is 18.6 Å². The van der Waals surface area contributed by atoms with Gasteiger partial charge in [-0.15, -0.1) is 0 Å². The van der Waals surface area contributed by atoms with Crippen LogP contribution >= 0.6 is 15.9 Å². The van der Waals surface area contributed by atoms with Crippen molar-refractivity contribution in [1.29, 1.82) is 0 Å². The van der Waals surface area contributed by atoms with Crippen molar-refractivity contribution in [3.05, 3.63) is 62.0 Å². The van der Waals surface area contributed by atoms with Crippen LogP contribution in [0.1, 0.15) is 29.3 Å². The minimum Gasteiger partial charge on any atom is -0.485 e. The largest absolute Gasteiger partial charge is 0.485 e. The van der Waals surface area contributed by atoms with Crippen molar-refractivity contribution >= 4 is 15.9 Å². The first-order valence-corrected chi connectivity index (χ1v) is 7.39. The van der Waals surface area contributed by atoms with Gasteiger partial charge in [0, 0.05) is 16.1 Å². The zero-order valence-corrected chi connectivity index (χ0v) is 12.8. The lowest BCUT2D eigenvalue weighted by molar-refractivity contribution is -0.142. The zero-order valence-electron chi connectivity index (χ0n) is 11.2. The topological polar surface area (TPSA) is 42.1 Å². The molecule has 116 valence electrons. The molecule has 1 aliphatic heterocycles. The quantitative estimate of drug-likeness (QED) is 0.812. The summed E-state index contributed by atoms with van der Waals surface area (Å²) >= 11 is 3.35. The van der Waals surface area contributed by atoms with Gasteiger partial charge in [0.25, 0.3) is 0 Å². The number of benzene rings is 1. The third-order valence-electron chi connectivity index (χ3n) is 3.55. The minimum absolute atomic E-state index is 0.0410. The van der Waals surface area contributed by atoms with Crippen molar-refractivity contribution < 1.29 is 17.9 Å². The molecule has 1 aliphatic rings. The van der Waals surface area contributed by atoms with Gasteiger partial charge in [-0.05, 0) is 42.7 Å². The third-order valence-corrected chi connectivity index (χ3v) is 4.04. The Balaban J connectivity index is 2.00. The maximum absolute atomic E-state index is 13.1. The summed E-state index contributed by atoms with van der Waals surface area (Å²) in [6, 6.07) is 7.67. The van der Waals surface area contributed by atoms with E-state index >= 15 is 0 Å². The Bertz CT molecular complexity index is 770. The highest BCUT2D eigenvalue weighted by molar-refractivity contribution is 9.10. The first-order valence-electron chi connectivity index (χ1n) is 6.60. The lowest BCUT2D eigenvalue weighted by Crippen LogP contribution is -2.24. The predicted octanol–water partition coefficient (Wildman–Crippen LogP) is 4.22. The van der Waals surface area contributed by atoms with Crippen LogP contribution in [-0.4, -0.2) is 4.98 Å². The SMILES string of the molecule is O=c1ccc(C2CCc3cc(Br)ccc3O2)c(C(F)(F)F)[nH]1. The molecule has 1 unspecified atom stereocenters. The Labute approximate surface area is 132 Å². The summed E-state index contributed by atoms with van der Waals surface area (Å²) in [6.07, 6.45) is -4.34. The lowest BCUT2D eigenvalue weighted by Gasteiger charge is -2.28. The number of hydrogen-bond acceptors (Lipinski definition) is 2. The van der Waals surface area contributed by atoms with Gasteiger partial charge in [0.15, 0.2) is 0 Å². The van der Waals surface area contributed by atoms with E-state index in [1.54, 1.807) is 12.1 Å². The van der Waals surface area contributed by atoms with E-state index < -0.39 is 23.5 Å². The molecule has 1 atom stereocenters. The zero-order chi connectivity index (χ0) is 15.9. The summed E-state index contributed by atoms with van der Waals surface area (Å²) in [6.45, 7) is 0. The average molecular weight is 374 g/mol. The third kappa shape index (κ3) is 2.90. The normalized spacial score (nSPS) is 17.7. The van der Waals surface area contributed by atoms with Crippen LogP contribution in [0.15, 0.2) is 39.6 Å². The average Bonchev–Trinajstić information content (AvgIpc) is 2.46. The van der Waals surface area contributed by atoms with Crippen molar-refractivity contribution in [2.45, 2.75) is 25.1 Å². The fourth-order valence-corrected chi connectivity index (χ4v) is 2.97. The Hall–Kier alpha value is -1.76. The van der Waals surface area contributed by atoms with Gasteiger partial charge in [0.05, 0.1) is 0 Å². The smallest absolute Gasteiger partial charge is 0.431 e. The van der Waals surface area contributed by atoms with Crippen molar-refractivity contribution in [2.24, 2.45) is 0 Å². The molecule has 1 aromatic carbocycles. The van der Waals surface area contributed by atoms with Gasteiger partial charge < -0.3 is 9.72 Å². The van der Waals surface area contributed by atoms with Crippen LogP contribution in [0.4, 0.5) is 13.2 Å². The number of rotatable bonds is 1. The van der Waals surface area contributed by atoms with E-state index in [4.69, 9.17) is 4.74 Å². The second-order valence-corrected chi connectivity index (χ2v) is 5.96. The van der Waals surface area contributed by atoms with Crippen LogP contribution in [0.3, 0.4) is 0 Å². The number of aromatic amines is 1. The second kappa shape index (κ2) is 5.46. The number of ether oxygens (including phenoxy) is 1. The van der Waals surface area contributed by atoms with Crippen molar-refractivity contribution in [3.8, 4) is 5.75 Å². The van der Waals surface area contributed by atoms with E-state index in [1.165, 1.54) is 6.07 Å². The summed E-state index contributed by atoms with van der Waals surface area (Å²) in [5.41, 5.74) is -0.911. The summed E-state index contributed by atoms with van der Waals surface area (Å²) in [5, 5.41) is 0. The molecule has 0 fully saturated rings. The maximum atomic E-state index is 13.1. The van der Waals surface area contributed by atoms with Crippen LogP contribution in [-0.2, 0) is 12.6 Å². The summed E-state index contributed by atoms with van der Waals surface area (Å²) in [7, 11) is 0. The molecular formula is C15H11BrF3NO2. The Kier molecular flexibility index (Phi) is 3.76. The van der Waals surface area contributed by atoms with Gasteiger partial charge in [-0.2, -0.15) is 13.2 Å². The summed E-state index contributed by atoms with van der Waals surface area (Å²) in [5.74, 6) is 0.568. The molecule has 0 saturated carbocycles. The van der Waals surface area contributed by atoms with Crippen LogP contribution < -0.4 is 10.3 Å². The molecular weight excluding hydrogens is 363 g/mol. The molecule has 1 N–H and O–H groups in total. The molecule has 2 aromatic rings. The first kappa shape index (κ1) is 15.1. The predicted molar refractivity (Wildman–Crippen MR) is 77.9 cm³/mol. The molecule has 22 heavy (non-hydrogen) atoms. The molecule has 3 nitrogen and oxygen atoms in total. The van der Waals surface area contributed by atoms with E-state index in [0.717, 1.165) is 16.1 Å². The van der Waals surface area contributed by atoms with Crippen molar-refractivity contribution in [2.75, 3.05) is 0 Å². The number of pyridine rings is 1. The van der Waals surface area contributed by atoms with Gasteiger partial charge in [-0.25, -0.2) is 0 Å². The van der Waals surface area contributed by atoms with Crippen LogP contribution in [0.2, 0.25) is 0 Å². The number of nitrogens with one attached hydrogen (secondary N) is 1. The first-order chi connectivity index (χ1) is 10.3. The van der Waals surface area contributed by atoms with Gasteiger partial charge >= 0.3 is 6.18 Å². The molecule has 0 amide bonds. The van der Waals surface area contributed by atoms with Gasteiger partial charge in [0.1, 0.15) is 17.5 Å².